The Kier molecular flexibility index (Phi) is 6.54. The maximum Gasteiger partial charge on any atom is 0.240 e. The molecule has 25 heavy (non-hydrogen) atoms. The number of carbonyl (C=O) groups excluding carboxylic acids is 2. The van der Waals surface area contributed by atoms with Gasteiger partial charge in [-0.15, -0.1) is 0 Å². The first kappa shape index (κ1) is 18.5. The van der Waals surface area contributed by atoms with E-state index in [1.807, 2.05) is 6.92 Å². The highest BCUT2D eigenvalue weighted by Gasteiger charge is 2.08. The van der Waals surface area contributed by atoms with Gasteiger partial charge in [0.2, 0.25) is 11.8 Å². The first-order valence-corrected chi connectivity index (χ1v) is 7.99. The number of halogens is 1. The van der Waals surface area contributed by atoms with Gasteiger partial charge in [0.25, 0.3) is 0 Å². The fourth-order valence-corrected chi connectivity index (χ4v) is 2.26. The van der Waals surface area contributed by atoms with Gasteiger partial charge < -0.3 is 10.4 Å². The van der Waals surface area contributed by atoms with Crippen molar-refractivity contribution in [3.63, 3.8) is 0 Å². The lowest BCUT2D eigenvalue weighted by Crippen LogP contribution is -2.20. The quantitative estimate of drug-likeness (QED) is 0.546. The molecule has 3 N–H and O–H groups in total. The molecule has 0 bridgehead atoms. The molecular weight excluding hydrogens is 342 g/mol. The monoisotopic (exact) mass is 359 g/mol. The minimum absolute atomic E-state index is 0.00339. The van der Waals surface area contributed by atoms with Gasteiger partial charge in [0.05, 0.1) is 6.21 Å². The number of phenolic OH excluding ortho intramolecular Hbond substituents is 1. The van der Waals surface area contributed by atoms with Gasteiger partial charge in [-0.3, -0.25) is 9.59 Å². The smallest absolute Gasteiger partial charge is 0.240 e. The normalized spacial score (nSPS) is 10.6. The molecule has 0 aromatic heterocycles. The number of rotatable bonds is 6. The highest BCUT2D eigenvalue weighted by Crippen LogP contribution is 2.19. The van der Waals surface area contributed by atoms with Crippen molar-refractivity contribution in [3.05, 3.63) is 58.6 Å². The lowest BCUT2D eigenvalue weighted by Gasteiger charge is -2.08. The van der Waals surface area contributed by atoms with Crippen molar-refractivity contribution in [1.29, 1.82) is 0 Å². The van der Waals surface area contributed by atoms with Gasteiger partial charge in [-0.1, -0.05) is 23.7 Å². The molecule has 2 amide bonds. The van der Waals surface area contributed by atoms with E-state index in [-0.39, 0.29) is 24.5 Å². The van der Waals surface area contributed by atoms with Gasteiger partial charge in [0.1, 0.15) is 5.75 Å². The molecule has 2 rings (SSSR count). The van der Waals surface area contributed by atoms with Crippen molar-refractivity contribution in [2.75, 3.05) is 5.32 Å². The van der Waals surface area contributed by atoms with Crippen LogP contribution in [0.15, 0.2) is 47.6 Å². The van der Waals surface area contributed by atoms with Gasteiger partial charge in [-0.25, -0.2) is 5.43 Å². The molecule has 2 aromatic carbocycles. The minimum Gasteiger partial charge on any atom is -0.507 e. The van der Waals surface area contributed by atoms with Crippen molar-refractivity contribution in [2.45, 2.75) is 19.8 Å². The van der Waals surface area contributed by atoms with Crippen LogP contribution in [0.1, 0.15) is 24.0 Å². The van der Waals surface area contributed by atoms with E-state index in [1.165, 1.54) is 12.3 Å². The van der Waals surface area contributed by atoms with E-state index in [9.17, 15) is 14.7 Å². The predicted octanol–water partition coefficient (Wildman–Crippen LogP) is 3.22. The predicted molar refractivity (Wildman–Crippen MR) is 97.9 cm³/mol. The molecular formula is C18H18ClN3O3. The molecule has 2 aromatic rings. The Morgan fingerprint density at radius 1 is 1.16 bits per heavy atom. The minimum atomic E-state index is -0.394. The van der Waals surface area contributed by atoms with Gasteiger partial charge >= 0.3 is 0 Å². The van der Waals surface area contributed by atoms with Gasteiger partial charge in [-0.05, 0) is 42.8 Å². The fourth-order valence-electron chi connectivity index (χ4n) is 2.03. The van der Waals surface area contributed by atoms with Gasteiger partial charge in [0.15, 0.2) is 0 Å². The molecule has 0 saturated carbocycles. The maximum absolute atomic E-state index is 11.9. The summed E-state index contributed by atoms with van der Waals surface area (Å²) in [5.74, 6) is -0.599. The first-order chi connectivity index (χ1) is 12.0. The van der Waals surface area contributed by atoms with E-state index in [0.717, 1.165) is 5.56 Å². The molecule has 0 fully saturated rings. The Balaban J connectivity index is 1.77. The van der Waals surface area contributed by atoms with Crippen molar-refractivity contribution in [3.8, 4) is 5.75 Å². The van der Waals surface area contributed by atoms with E-state index in [1.54, 1.807) is 36.4 Å². The third-order valence-electron chi connectivity index (χ3n) is 3.37. The van der Waals surface area contributed by atoms with Crippen LogP contribution in [0.3, 0.4) is 0 Å². The SMILES string of the molecule is Cc1cc(Cl)ccc1NC(=O)CCC(=O)NN=Cc1ccccc1O. The lowest BCUT2D eigenvalue weighted by atomic mass is 10.2. The number of phenols is 1. The largest absolute Gasteiger partial charge is 0.507 e. The summed E-state index contributed by atoms with van der Waals surface area (Å²) >= 11 is 5.86. The number of hydrogen-bond donors (Lipinski definition) is 3. The third kappa shape index (κ3) is 5.93. The molecule has 0 heterocycles. The van der Waals surface area contributed by atoms with Crippen LogP contribution in [-0.2, 0) is 9.59 Å². The number of amides is 2. The second-order valence-electron chi connectivity index (χ2n) is 5.36. The summed E-state index contributed by atoms with van der Waals surface area (Å²) in [6.45, 7) is 1.84. The second kappa shape index (κ2) is 8.84. The van der Waals surface area contributed by atoms with E-state index in [2.05, 4.69) is 15.8 Å². The summed E-state index contributed by atoms with van der Waals surface area (Å²) in [6.07, 6.45) is 1.36. The zero-order chi connectivity index (χ0) is 18.2. The number of nitrogens with one attached hydrogen (secondary N) is 2. The Labute approximate surface area is 150 Å². The highest BCUT2D eigenvalue weighted by molar-refractivity contribution is 6.30. The number of hydrazone groups is 1. The van der Waals surface area contributed by atoms with Gasteiger partial charge in [0, 0.05) is 29.1 Å². The van der Waals surface area contributed by atoms with Crippen molar-refractivity contribution in [2.24, 2.45) is 5.10 Å². The molecule has 6 nitrogen and oxygen atoms in total. The standard InChI is InChI=1S/C18H18ClN3O3/c1-12-10-14(19)6-7-15(12)21-17(24)8-9-18(25)22-20-11-13-4-2-3-5-16(13)23/h2-7,10-11,23H,8-9H2,1H3,(H,21,24)(H,22,25). The van der Waals surface area contributed by atoms with Gasteiger partial charge in [-0.2, -0.15) is 5.10 Å². The maximum atomic E-state index is 11.9. The number of benzene rings is 2. The Bertz CT molecular complexity index is 806. The van der Waals surface area contributed by atoms with Crippen molar-refractivity contribution >= 4 is 35.3 Å². The molecule has 130 valence electrons. The Morgan fingerprint density at radius 2 is 1.88 bits per heavy atom. The molecule has 0 aliphatic carbocycles. The first-order valence-electron chi connectivity index (χ1n) is 7.61. The summed E-state index contributed by atoms with van der Waals surface area (Å²) in [6, 6.07) is 11.8. The topological polar surface area (TPSA) is 90.8 Å². The van der Waals surface area contributed by atoms with E-state index in [0.29, 0.717) is 16.3 Å². The number of anilines is 1. The van der Waals surface area contributed by atoms with E-state index < -0.39 is 5.91 Å². The van der Waals surface area contributed by atoms with Crippen LogP contribution in [0.5, 0.6) is 5.75 Å². The highest BCUT2D eigenvalue weighted by atomic mass is 35.5. The number of nitrogens with zero attached hydrogens (tertiary/aromatic N) is 1. The summed E-state index contributed by atoms with van der Waals surface area (Å²) < 4.78 is 0. The molecule has 0 saturated heterocycles. The molecule has 0 atom stereocenters. The fraction of sp³-hybridized carbons (Fsp3) is 0.167. The van der Waals surface area contributed by atoms with Crippen molar-refractivity contribution in [1.82, 2.24) is 5.43 Å². The second-order valence-corrected chi connectivity index (χ2v) is 5.80. The van der Waals surface area contributed by atoms with Crippen LogP contribution >= 0.6 is 11.6 Å². The average Bonchev–Trinajstić information content (AvgIpc) is 2.57. The molecule has 0 radical (unpaired) electrons. The lowest BCUT2D eigenvalue weighted by molar-refractivity contribution is -0.124. The van der Waals surface area contributed by atoms with Crippen molar-refractivity contribution < 1.29 is 14.7 Å². The number of para-hydroxylation sites is 1. The molecule has 0 spiro atoms. The van der Waals surface area contributed by atoms with Crippen LogP contribution in [0, 0.1) is 6.92 Å². The summed E-state index contributed by atoms with van der Waals surface area (Å²) in [4.78, 5) is 23.6. The average molecular weight is 360 g/mol. The Morgan fingerprint density at radius 3 is 2.60 bits per heavy atom. The molecule has 0 aliphatic rings. The molecule has 7 heteroatoms. The van der Waals surface area contributed by atoms with Crippen LogP contribution in [0.25, 0.3) is 0 Å². The van der Waals surface area contributed by atoms with E-state index in [4.69, 9.17) is 11.6 Å². The summed E-state index contributed by atoms with van der Waals surface area (Å²) in [5, 5.41) is 16.7. The van der Waals surface area contributed by atoms with E-state index >= 15 is 0 Å². The van der Waals surface area contributed by atoms with Crippen LogP contribution < -0.4 is 10.7 Å². The molecule has 0 unspecified atom stereocenters. The number of aryl methyl sites for hydroxylation is 1. The number of hydrogen-bond acceptors (Lipinski definition) is 4. The summed E-state index contributed by atoms with van der Waals surface area (Å²) in [7, 11) is 0. The molecule has 0 aliphatic heterocycles. The zero-order valence-corrected chi connectivity index (χ0v) is 14.4. The number of carbonyl (C=O) groups is 2. The van der Waals surface area contributed by atoms with Crippen LogP contribution in [0.2, 0.25) is 5.02 Å². The summed E-state index contributed by atoms with van der Waals surface area (Å²) in [5.41, 5.74) is 4.31. The third-order valence-corrected chi connectivity index (χ3v) is 3.61. The number of aromatic hydroxyl groups is 1. The van der Waals surface area contributed by atoms with Crippen LogP contribution in [0.4, 0.5) is 5.69 Å². The van der Waals surface area contributed by atoms with Crippen LogP contribution in [-0.4, -0.2) is 23.1 Å². The Hall–Kier alpha value is -2.86. The zero-order valence-electron chi connectivity index (χ0n) is 13.6.